The van der Waals surface area contributed by atoms with Crippen LogP contribution >= 0.6 is 0 Å². The Hall–Kier alpha value is -1.02. The van der Waals surface area contributed by atoms with Gasteiger partial charge in [0.15, 0.2) is 0 Å². The average molecular weight is 349 g/mol. The van der Waals surface area contributed by atoms with Gasteiger partial charge in [-0.3, -0.25) is 14.7 Å². The molecule has 2 heterocycles. The van der Waals surface area contributed by atoms with Gasteiger partial charge in [0.25, 0.3) is 0 Å². The SMILES string of the molecule is O[C@H](CN1CCOCC1)CN1CCN(C[C@H](O)c2ccccc2)CC1. The normalized spacial score (nSPS) is 23.4. The van der Waals surface area contributed by atoms with E-state index < -0.39 is 6.10 Å². The van der Waals surface area contributed by atoms with Crippen molar-refractivity contribution in [3.63, 3.8) is 0 Å². The summed E-state index contributed by atoms with van der Waals surface area (Å²) in [5.41, 5.74) is 0.978. The van der Waals surface area contributed by atoms with Gasteiger partial charge in [-0.05, 0) is 5.56 Å². The Morgan fingerprint density at radius 1 is 0.760 bits per heavy atom. The Kier molecular flexibility index (Phi) is 7.22. The summed E-state index contributed by atoms with van der Waals surface area (Å²) in [4.78, 5) is 6.92. The fraction of sp³-hybridized carbons (Fsp3) is 0.684. The van der Waals surface area contributed by atoms with Crippen molar-refractivity contribution < 1.29 is 14.9 Å². The second kappa shape index (κ2) is 9.62. The maximum Gasteiger partial charge on any atom is 0.0916 e. The molecule has 0 aliphatic carbocycles. The fourth-order valence-corrected chi connectivity index (χ4v) is 3.62. The van der Waals surface area contributed by atoms with Crippen LogP contribution in [0.25, 0.3) is 0 Å². The zero-order valence-electron chi connectivity index (χ0n) is 15.0. The average Bonchev–Trinajstić information content (AvgIpc) is 2.65. The molecular formula is C19H31N3O3. The lowest BCUT2D eigenvalue weighted by Gasteiger charge is -2.37. The molecule has 0 spiro atoms. The molecule has 2 fully saturated rings. The van der Waals surface area contributed by atoms with Crippen LogP contribution in [0.3, 0.4) is 0 Å². The molecule has 0 amide bonds. The molecule has 3 rings (SSSR count). The summed E-state index contributed by atoms with van der Waals surface area (Å²) in [6, 6.07) is 9.85. The standard InChI is InChI=1S/C19H31N3O3/c23-18(15-22-10-12-25-13-11-22)14-20-6-8-21(9-7-20)16-19(24)17-4-2-1-3-5-17/h1-5,18-19,23-24H,6-16H2/t18-,19-/m0/s1. The molecule has 2 atom stereocenters. The van der Waals surface area contributed by atoms with E-state index in [4.69, 9.17) is 4.74 Å². The van der Waals surface area contributed by atoms with Crippen molar-refractivity contribution in [2.45, 2.75) is 12.2 Å². The van der Waals surface area contributed by atoms with Crippen LogP contribution in [-0.2, 0) is 4.74 Å². The predicted molar refractivity (Wildman–Crippen MR) is 97.5 cm³/mol. The van der Waals surface area contributed by atoms with Crippen LogP contribution in [0.5, 0.6) is 0 Å². The van der Waals surface area contributed by atoms with E-state index in [0.29, 0.717) is 6.54 Å². The highest BCUT2D eigenvalue weighted by Crippen LogP contribution is 2.15. The Bertz CT molecular complexity index is 488. The molecule has 1 aromatic rings. The van der Waals surface area contributed by atoms with Crippen molar-refractivity contribution >= 4 is 0 Å². The lowest BCUT2D eigenvalue weighted by molar-refractivity contribution is 0.000288. The van der Waals surface area contributed by atoms with E-state index in [1.165, 1.54) is 0 Å². The summed E-state index contributed by atoms with van der Waals surface area (Å²) < 4.78 is 5.35. The lowest BCUT2D eigenvalue weighted by atomic mass is 10.1. The molecule has 2 N–H and O–H groups in total. The van der Waals surface area contributed by atoms with Crippen LogP contribution in [-0.4, -0.2) is 103 Å². The Balaban J connectivity index is 1.35. The van der Waals surface area contributed by atoms with Crippen LogP contribution in [0, 0.1) is 0 Å². The van der Waals surface area contributed by atoms with Gasteiger partial charge < -0.3 is 14.9 Å². The van der Waals surface area contributed by atoms with Crippen LogP contribution in [0.4, 0.5) is 0 Å². The van der Waals surface area contributed by atoms with Gasteiger partial charge >= 0.3 is 0 Å². The van der Waals surface area contributed by atoms with Crippen LogP contribution < -0.4 is 0 Å². The van der Waals surface area contributed by atoms with E-state index in [1.807, 2.05) is 30.3 Å². The van der Waals surface area contributed by atoms with Crippen molar-refractivity contribution in [2.75, 3.05) is 72.1 Å². The number of rotatable bonds is 7. The number of nitrogens with zero attached hydrogens (tertiary/aromatic N) is 3. The van der Waals surface area contributed by atoms with Crippen molar-refractivity contribution in [3.8, 4) is 0 Å². The Morgan fingerprint density at radius 3 is 1.88 bits per heavy atom. The lowest BCUT2D eigenvalue weighted by Crippen LogP contribution is -2.51. The van der Waals surface area contributed by atoms with E-state index in [1.54, 1.807) is 0 Å². The van der Waals surface area contributed by atoms with E-state index in [9.17, 15) is 10.2 Å². The van der Waals surface area contributed by atoms with E-state index in [0.717, 1.165) is 71.1 Å². The molecule has 0 saturated carbocycles. The molecule has 6 heteroatoms. The topological polar surface area (TPSA) is 59.4 Å². The molecule has 140 valence electrons. The van der Waals surface area contributed by atoms with Gasteiger partial charge in [-0.15, -0.1) is 0 Å². The third-order valence-corrected chi connectivity index (χ3v) is 5.12. The minimum absolute atomic E-state index is 0.306. The molecule has 0 aromatic heterocycles. The molecule has 1 aromatic carbocycles. The molecule has 6 nitrogen and oxygen atoms in total. The first-order valence-corrected chi connectivity index (χ1v) is 9.36. The number of morpholine rings is 1. The highest BCUT2D eigenvalue weighted by atomic mass is 16.5. The van der Waals surface area contributed by atoms with Gasteiger partial charge in [-0.2, -0.15) is 0 Å². The van der Waals surface area contributed by atoms with E-state index in [2.05, 4.69) is 14.7 Å². The second-order valence-electron chi connectivity index (χ2n) is 7.09. The van der Waals surface area contributed by atoms with Crippen molar-refractivity contribution in [2.24, 2.45) is 0 Å². The fourth-order valence-electron chi connectivity index (χ4n) is 3.62. The summed E-state index contributed by atoms with van der Waals surface area (Å²) in [5, 5.41) is 20.7. The molecule has 25 heavy (non-hydrogen) atoms. The number of aliphatic hydroxyl groups excluding tert-OH is 2. The van der Waals surface area contributed by atoms with Gasteiger partial charge in [0.1, 0.15) is 0 Å². The number of β-amino-alcohol motifs (C(OH)–C–C–N with tert-alkyl or cyclic N) is 2. The summed E-state index contributed by atoms with van der Waals surface area (Å²) in [5.74, 6) is 0. The van der Waals surface area contributed by atoms with Gasteiger partial charge in [0.2, 0.25) is 0 Å². The number of benzene rings is 1. The first-order valence-electron chi connectivity index (χ1n) is 9.36. The third kappa shape index (κ3) is 6.02. The molecule has 2 aliphatic heterocycles. The zero-order valence-corrected chi connectivity index (χ0v) is 15.0. The van der Waals surface area contributed by atoms with E-state index >= 15 is 0 Å². The third-order valence-electron chi connectivity index (χ3n) is 5.12. The van der Waals surface area contributed by atoms with Gasteiger partial charge in [0.05, 0.1) is 25.4 Å². The highest BCUT2D eigenvalue weighted by molar-refractivity contribution is 5.17. The minimum atomic E-state index is -0.431. The smallest absolute Gasteiger partial charge is 0.0916 e. The first-order chi connectivity index (χ1) is 12.2. The zero-order chi connectivity index (χ0) is 17.5. The number of aliphatic hydroxyl groups is 2. The molecule has 0 bridgehead atoms. The number of hydrogen-bond donors (Lipinski definition) is 2. The van der Waals surface area contributed by atoms with Crippen molar-refractivity contribution in [3.05, 3.63) is 35.9 Å². The number of hydrogen-bond acceptors (Lipinski definition) is 6. The number of piperazine rings is 1. The van der Waals surface area contributed by atoms with Gasteiger partial charge in [-0.25, -0.2) is 0 Å². The summed E-state index contributed by atoms with van der Waals surface area (Å²) in [7, 11) is 0. The van der Waals surface area contributed by atoms with Crippen LogP contribution in [0.15, 0.2) is 30.3 Å². The molecule has 2 saturated heterocycles. The van der Waals surface area contributed by atoms with Crippen LogP contribution in [0.2, 0.25) is 0 Å². The molecule has 2 aliphatic rings. The van der Waals surface area contributed by atoms with E-state index in [-0.39, 0.29) is 6.10 Å². The maximum absolute atomic E-state index is 10.4. The van der Waals surface area contributed by atoms with Crippen molar-refractivity contribution in [1.82, 2.24) is 14.7 Å². The minimum Gasteiger partial charge on any atom is -0.390 e. The predicted octanol–water partition coefficient (Wildman–Crippen LogP) is 0.0307. The maximum atomic E-state index is 10.4. The summed E-state index contributed by atoms with van der Waals surface area (Å²) in [6.07, 6.45) is -0.737. The quantitative estimate of drug-likeness (QED) is 0.724. The van der Waals surface area contributed by atoms with Crippen molar-refractivity contribution in [1.29, 1.82) is 0 Å². The van der Waals surface area contributed by atoms with Gasteiger partial charge in [-0.1, -0.05) is 30.3 Å². The Morgan fingerprint density at radius 2 is 1.28 bits per heavy atom. The van der Waals surface area contributed by atoms with Crippen LogP contribution in [0.1, 0.15) is 11.7 Å². The van der Waals surface area contributed by atoms with Gasteiger partial charge in [0, 0.05) is 58.9 Å². The number of ether oxygens (including phenoxy) is 1. The second-order valence-corrected chi connectivity index (χ2v) is 7.09. The monoisotopic (exact) mass is 349 g/mol. The molecule has 0 radical (unpaired) electrons. The first kappa shape index (κ1) is 18.8. The Labute approximate surface area is 150 Å². The molecule has 0 unspecified atom stereocenters. The highest BCUT2D eigenvalue weighted by Gasteiger charge is 2.22. The summed E-state index contributed by atoms with van der Waals surface area (Å²) in [6.45, 7) is 9.29. The molecular weight excluding hydrogens is 318 g/mol. The summed E-state index contributed by atoms with van der Waals surface area (Å²) >= 11 is 0. The largest absolute Gasteiger partial charge is 0.390 e.